The van der Waals surface area contributed by atoms with Gasteiger partial charge >= 0.3 is 0 Å². The molecule has 140 valence electrons. The molecule has 0 spiro atoms. The number of hydrogen-bond donors (Lipinski definition) is 1. The highest BCUT2D eigenvalue weighted by molar-refractivity contribution is 9.11. The van der Waals surface area contributed by atoms with Gasteiger partial charge in [0.1, 0.15) is 11.5 Å². The molecule has 0 aromatic heterocycles. The molecule has 1 aliphatic rings. The number of hydrogen-bond acceptors (Lipinski definition) is 4. The summed E-state index contributed by atoms with van der Waals surface area (Å²) in [6.07, 6.45) is 1.69. The maximum absolute atomic E-state index is 12.6. The van der Waals surface area contributed by atoms with Crippen molar-refractivity contribution in [2.75, 3.05) is 12.4 Å². The Labute approximate surface area is 178 Å². The van der Waals surface area contributed by atoms with Gasteiger partial charge in [-0.25, -0.2) is 0 Å². The van der Waals surface area contributed by atoms with E-state index in [1.165, 1.54) is 0 Å². The number of anilines is 1. The number of methoxy groups -OCH3 is 1. The van der Waals surface area contributed by atoms with Crippen LogP contribution < -0.4 is 14.8 Å². The van der Waals surface area contributed by atoms with Gasteiger partial charge in [0, 0.05) is 16.3 Å². The molecule has 3 aromatic carbocycles. The molecule has 3 aromatic rings. The molecule has 0 unspecified atom stereocenters. The lowest BCUT2D eigenvalue weighted by Gasteiger charge is -2.08. The normalized spacial score (nSPS) is 12.6. The van der Waals surface area contributed by atoms with Gasteiger partial charge in [-0.1, -0.05) is 28.1 Å². The molecule has 0 atom stereocenters. The minimum absolute atomic E-state index is 0.236. The molecule has 0 saturated carbocycles. The van der Waals surface area contributed by atoms with E-state index in [1.807, 2.05) is 30.3 Å². The van der Waals surface area contributed by atoms with Gasteiger partial charge in [0.05, 0.1) is 28.5 Å². The molecule has 1 aliphatic heterocycles. The summed E-state index contributed by atoms with van der Waals surface area (Å²) in [5, 5.41) is 2.86. The van der Waals surface area contributed by atoms with E-state index in [1.54, 1.807) is 37.6 Å². The third kappa shape index (κ3) is 3.68. The SMILES string of the molecule is COc1c(Br)cc(Br)cc1C=Nc1ccc2c(c1)C(=O)Nc1ccccc1O2. The number of rotatable bonds is 3. The summed E-state index contributed by atoms with van der Waals surface area (Å²) in [7, 11) is 1.60. The highest BCUT2D eigenvalue weighted by Gasteiger charge is 2.20. The molecule has 1 amide bonds. The van der Waals surface area contributed by atoms with Crippen molar-refractivity contribution in [1.82, 2.24) is 0 Å². The van der Waals surface area contributed by atoms with E-state index in [0.717, 1.165) is 14.5 Å². The summed E-state index contributed by atoms with van der Waals surface area (Å²) in [6, 6.07) is 16.4. The Morgan fingerprint density at radius 1 is 1.07 bits per heavy atom. The number of nitrogens with zero attached hydrogens (tertiary/aromatic N) is 1. The van der Waals surface area contributed by atoms with Gasteiger partial charge in [-0.05, 0) is 58.4 Å². The van der Waals surface area contributed by atoms with E-state index < -0.39 is 0 Å². The van der Waals surface area contributed by atoms with E-state index in [4.69, 9.17) is 9.47 Å². The number of aliphatic imine (C=N–C) groups is 1. The topological polar surface area (TPSA) is 59.9 Å². The minimum atomic E-state index is -0.236. The Bertz CT molecular complexity index is 1110. The van der Waals surface area contributed by atoms with Crippen molar-refractivity contribution in [3.8, 4) is 17.2 Å². The van der Waals surface area contributed by atoms with Crippen LogP contribution in [-0.2, 0) is 0 Å². The Balaban J connectivity index is 1.68. The number of benzene rings is 3. The maximum atomic E-state index is 12.6. The van der Waals surface area contributed by atoms with E-state index in [9.17, 15) is 4.79 Å². The number of halogens is 2. The number of amides is 1. The van der Waals surface area contributed by atoms with E-state index in [0.29, 0.717) is 34.2 Å². The molecular formula is C21H14Br2N2O3. The summed E-state index contributed by atoms with van der Waals surface area (Å²) in [5.41, 5.74) is 2.49. The molecule has 0 saturated heterocycles. The molecule has 1 N–H and O–H groups in total. The van der Waals surface area contributed by atoms with Crippen LogP contribution in [0.2, 0.25) is 0 Å². The van der Waals surface area contributed by atoms with Gasteiger partial charge in [-0.3, -0.25) is 9.79 Å². The Morgan fingerprint density at radius 2 is 1.89 bits per heavy atom. The second-order valence-electron chi connectivity index (χ2n) is 6.00. The van der Waals surface area contributed by atoms with Crippen molar-refractivity contribution in [3.05, 3.63) is 74.7 Å². The van der Waals surface area contributed by atoms with Crippen LogP contribution in [0.25, 0.3) is 0 Å². The molecule has 0 aliphatic carbocycles. The van der Waals surface area contributed by atoms with Crippen molar-refractivity contribution in [1.29, 1.82) is 0 Å². The van der Waals surface area contributed by atoms with E-state index >= 15 is 0 Å². The molecule has 5 nitrogen and oxygen atoms in total. The summed E-state index contributed by atoms with van der Waals surface area (Å²) in [6.45, 7) is 0. The smallest absolute Gasteiger partial charge is 0.259 e. The van der Waals surface area contributed by atoms with Crippen molar-refractivity contribution in [2.24, 2.45) is 4.99 Å². The van der Waals surface area contributed by atoms with Crippen molar-refractivity contribution >= 4 is 55.4 Å². The first kappa shape index (κ1) is 18.7. The number of nitrogens with one attached hydrogen (secondary N) is 1. The fourth-order valence-electron chi connectivity index (χ4n) is 2.87. The highest BCUT2D eigenvalue weighted by Crippen LogP contribution is 2.37. The summed E-state index contributed by atoms with van der Waals surface area (Å²) >= 11 is 6.94. The van der Waals surface area contributed by atoms with Crippen molar-refractivity contribution in [2.45, 2.75) is 0 Å². The molecule has 0 fully saturated rings. The molecule has 28 heavy (non-hydrogen) atoms. The Morgan fingerprint density at radius 3 is 2.71 bits per heavy atom. The lowest BCUT2D eigenvalue weighted by Crippen LogP contribution is -2.10. The summed E-state index contributed by atoms with van der Waals surface area (Å²) in [4.78, 5) is 17.1. The summed E-state index contributed by atoms with van der Waals surface area (Å²) in [5.74, 6) is 1.54. The molecule has 0 radical (unpaired) electrons. The molecule has 0 bridgehead atoms. The van der Waals surface area contributed by atoms with Gasteiger partial charge in [0.2, 0.25) is 0 Å². The zero-order valence-electron chi connectivity index (χ0n) is 14.7. The maximum Gasteiger partial charge on any atom is 0.259 e. The predicted octanol–water partition coefficient (Wildman–Crippen LogP) is 6.33. The molecule has 1 heterocycles. The third-order valence-corrected chi connectivity index (χ3v) is 5.20. The Kier molecular flexibility index (Phi) is 5.19. The largest absolute Gasteiger partial charge is 0.495 e. The second kappa shape index (κ2) is 7.77. The lowest BCUT2D eigenvalue weighted by molar-refractivity contribution is 0.102. The van der Waals surface area contributed by atoms with Crippen LogP contribution in [0.3, 0.4) is 0 Å². The molecule has 4 rings (SSSR count). The van der Waals surface area contributed by atoms with Crippen LogP contribution in [0, 0.1) is 0 Å². The fourth-order valence-corrected chi connectivity index (χ4v) is 4.29. The standard InChI is InChI=1S/C21H14Br2N2O3/c1-27-20-12(8-13(22)9-16(20)23)11-24-14-6-7-18-15(10-14)21(26)25-17-4-2-3-5-19(17)28-18/h2-11H,1H3,(H,25,26). The van der Waals surface area contributed by atoms with E-state index in [2.05, 4.69) is 42.2 Å². The van der Waals surface area contributed by atoms with Gasteiger partial charge in [0.15, 0.2) is 5.75 Å². The number of ether oxygens (including phenoxy) is 2. The average molecular weight is 502 g/mol. The van der Waals surface area contributed by atoms with Gasteiger partial charge < -0.3 is 14.8 Å². The molecule has 7 heteroatoms. The summed E-state index contributed by atoms with van der Waals surface area (Å²) < 4.78 is 13.0. The zero-order chi connectivity index (χ0) is 19.7. The van der Waals surface area contributed by atoms with Crippen molar-refractivity contribution < 1.29 is 14.3 Å². The van der Waals surface area contributed by atoms with Gasteiger partial charge in [0.25, 0.3) is 5.91 Å². The third-order valence-electron chi connectivity index (χ3n) is 4.16. The molecular weight excluding hydrogens is 488 g/mol. The first-order valence-electron chi connectivity index (χ1n) is 8.34. The van der Waals surface area contributed by atoms with Crippen LogP contribution >= 0.6 is 31.9 Å². The first-order valence-corrected chi connectivity index (χ1v) is 9.93. The van der Waals surface area contributed by atoms with Crippen LogP contribution in [0.15, 0.2) is 68.5 Å². The second-order valence-corrected chi connectivity index (χ2v) is 7.77. The van der Waals surface area contributed by atoms with Crippen molar-refractivity contribution in [3.63, 3.8) is 0 Å². The number of carbonyl (C=O) groups excluding carboxylic acids is 1. The number of para-hydroxylation sites is 2. The highest BCUT2D eigenvalue weighted by atomic mass is 79.9. The quantitative estimate of drug-likeness (QED) is 0.426. The first-order chi connectivity index (χ1) is 13.5. The number of fused-ring (bicyclic) bond motifs is 2. The monoisotopic (exact) mass is 500 g/mol. The Hall–Kier alpha value is -2.64. The van der Waals surface area contributed by atoms with Gasteiger partial charge in [-0.2, -0.15) is 0 Å². The number of carbonyl (C=O) groups is 1. The zero-order valence-corrected chi connectivity index (χ0v) is 17.9. The minimum Gasteiger partial charge on any atom is -0.495 e. The average Bonchev–Trinajstić information content (AvgIpc) is 2.81. The van der Waals surface area contributed by atoms with Gasteiger partial charge in [-0.15, -0.1) is 0 Å². The van der Waals surface area contributed by atoms with Crippen LogP contribution in [0.4, 0.5) is 11.4 Å². The fraction of sp³-hybridized carbons (Fsp3) is 0.0476. The lowest BCUT2D eigenvalue weighted by atomic mass is 10.1. The van der Waals surface area contributed by atoms with Crippen LogP contribution in [-0.4, -0.2) is 19.2 Å². The van der Waals surface area contributed by atoms with E-state index in [-0.39, 0.29) is 5.91 Å². The van der Waals surface area contributed by atoms with Crippen LogP contribution in [0.5, 0.6) is 17.2 Å². The predicted molar refractivity (Wildman–Crippen MR) is 117 cm³/mol. The van der Waals surface area contributed by atoms with Crippen LogP contribution in [0.1, 0.15) is 15.9 Å².